The molecule has 2 amide bonds. The predicted octanol–water partition coefficient (Wildman–Crippen LogP) is 2.97. The summed E-state index contributed by atoms with van der Waals surface area (Å²) >= 11 is 9.36. The van der Waals surface area contributed by atoms with Gasteiger partial charge in [0.2, 0.25) is 0 Å². The molecule has 0 unspecified atom stereocenters. The number of ether oxygens (including phenoxy) is 2. The molecule has 3 aliphatic rings. The molecule has 1 aromatic rings. The second-order valence-electron chi connectivity index (χ2n) is 7.09. The Morgan fingerprint density at radius 1 is 1.27 bits per heavy atom. The van der Waals surface area contributed by atoms with Crippen LogP contribution in [0, 0.1) is 5.92 Å². The average molecular weight is 444 g/mol. The third kappa shape index (κ3) is 3.70. The minimum Gasteiger partial charge on any atom is -0.487 e. The van der Waals surface area contributed by atoms with Crippen molar-refractivity contribution in [3.05, 3.63) is 27.7 Å². The van der Waals surface area contributed by atoms with Gasteiger partial charge in [-0.1, -0.05) is 11.6 Å². The van der Waals surface area contributed by atoms with E-state index in [0.717, 1.165) is 16.6 Å². The average Bonchev–Trinajstić information content (AvgIpc) is 2.59. The van der Waals surface area contributed by atoms with E-state index in [1.54, 1.807) is 11.0 Å². The molecule has 8 heteroatoms. The van der Waals surface area contributed by atoms with Crippen molar-refractivity contribution < 1.29 is 19.1 Å². The third-order valence-electron chi connectivity index (χ3n) is 5.20. The first-order chi connectivity index (χ1) is 12.5. The minimum atomic E-state index is -0.0100. The number of likely N-dealkylation sites (tertiary alicyclic amines) is 2. The van der Waals surface area contributed by atoms with Crippen molar-refractivity contribution >= 4 is 39.3 Å². The maximum atomic E-state index is 12.7. The van der Waals surface area contributed by atoms with Gasteiger partial charge in [0.1, 0.15) is 18.5 Å². The van der Waals surface area contributed by atoms with Gasteiger partial charge in [-0.05, 0) is 40.5 Å². The fraction of sp³-hybridized carbons (Fsp3) is 0.556. The Kier molecular flexibility index (Phi) is 5.12. The topological polar surface area (TPSA) is 59.1 Å². The predicted molar refractivity (Wildman–Crippen MR) is 99.6 cm³/mol. The highest BCUT2D eigenvalue weighted by Gasteiger charge is 2.40. The van der Waals surface area contributed by atoms with Gasteiger partial charge < -0.3 is 19.3 Å². The highest BCUT2D eigenvalue weighted by atomic mass is 79.9. The maximum Gasteiger partial charge on any atom is 0.320 e. The molecule has 0 spiro atoms. The van der Waals surface area contributed by atoms with Gasteiger partial charge in [0.15, 0.2) is 5.78 Å². The number of ketones is 1. The van der Waals surface area contributed by atoms with E-state index in [2.05, 4.69) is 15.9 Å². The molecule has 140 valence electrons. The minimum absolute atomic E-state index is 0.0100. The highest BCUT2D eigenvalue weighted by Crippen LogP contribution is 2.30. The normalized spacial score (nSPS) is 26.3. The quantitative estimate of drug-likeness (QED) is 0.705. The number of benzene rings is 1. The molecule has 0 aliphatic carbocycles. The number of urea groups is 1. The SMILES string of the molecule is O=C1CO[C@H]2CCN(C(=O)N3CC(Oc4ccc(Cl)c(Br)c4)C3)C[C@H]2C1. The van der Waals surface area contributed by atoms with Gasteiger partial charge >= 0.3 is 6.03 Å². The van der Waals surface area contributed by atoms with E-state index in [1.807, 2.05) is 17.0 Å². The largest absolute Gasteiger partial charge is 0.487 e. The number of halogens is 2. The van der Waals surface area contributed by atoms with E-state index in [4.69, 9.17) is 21.1 Å². The maximum absolute atomic E-state index is 12.7. The summed E-state index contributed by atoms with van der Waals surface area (Å²) in [6, 6.07) is 5.46. The summed E-state index contributed by atoms with van der Waals surface area (Å²) in [7, 11) is 0. The van der Waals surface area contributed by atoms with Crippen molar-refractivity contribution in [2.75, 3.05) is 32.8 Å². The molecule has 3 heterocycles. The molecule has 6 nitrogen and oxygen atoms in total. The van der Waals surface area contributed by atoms with Crippen molar-refractivity contribution in [2.24, 2.45) is 5.92 Å². The van der Waals surface area contributed by atoms with Gasteiger partial charge in [-0.25, -0.2) is 4.79 Å². The lowest BCUT2D eigenvalue weighted by atomic mass is 9.88. The fourth-order valence-corrected chi connectivity index (χ4v) is 4.24. The number of carbonyl (C=O) groups is 2. The number of fused-ring (bicyclic) bond motifs is 1. The third-order valence-corrected chi connectivity index (χ3v) is 6.41. The van der Waals surface area contributed by atoms with Crippen LogP contribution in [0.3, 0.4) is 0 Å². The molecule has 0 radical (unpaired) electrons. The molecule has 3 saturated heterocycles. The molecule has 3 fully saturated rings. The molecule has 0 aromatic heterocycles. The fourth-order valence-electron chi connectivity index (χ4n) is 3.76. The van der Waals surface area contributed by atoms with Crippen molar-refractivity contribution in [2.45, 2.75) is 25.0 Å². The summed E-state index contributed by atoms with van der Waals surface area (Å²) in [5.41, 5.74) is 0. The molecular weight excluding hydrogens is 424 g/mol. The van der Waals surface area contributed by atoms with Crippen LogP contribution in [-0.4, -0.2) is 66.6 Å². The molecule has 0 bridgehead atoms. The standard InChI is InChI=1S/C18H20BrClN2O4/c19-15-6-13(1-2-16(15)20)26-14-8-22(9-14)18(24)21-4-3-17-11(7-21)5-12(23)10-25-17/h1-2,6,11,14,17H,3-5,7-10H2/t11-,17+/m1/s1. The monoisotopic (exact) mass is 442 g/mol. The van der Waals surface area contributed by atoms with Crippen LogP contribution in [0.15, 0.2) is 22.7 Å². The van der Waals surface area contributed by atoms with Crippen LogP contribution in [0.25, 0.3) is 0 Å². The van der Waals surface area contributed by atoms with E-state index in [9.17, 15) is 9.59 Å². The number of hydrogen-bond donors (Lipinski definition) is 0. The number of Topliss-reactive ketones (excluding diaryl/α,β-unsaturated/α-hetero) is 1. The first kappa shape index (κ1) is 18.1. The summed E-state index contributed by atoms with van der Waals surface area (Å²) < 4.78 is 12.3. The second kappa shape index (κ2) is 7.37. The first-order valence-electron chi connectivity index (χ1n) is 8.78. The van der Waals surface area contributed by atoms with Crippen LogP contribution in [0.5, 0.6) is 5.75 Å². The van der Waals surface area contributed by atoms with Crippen LogP contribution in [0.2, 0.25) is 5.02 Å². The van der Waals surface area contributed by atoms with E-state index in [1.165, 1.54) is 0 Å². The second-order valence-corrected chi connectivity index (χ2v) is 8.35. The van der Waals surface area contributed by atoms with Gasteiger partial charge in [-0.2, -0.15) is 0 Å². The van der Waals surface area contributed by atoms with Crippen LogP contribution in [0.4, 0.5) is 4.79 Å². The van der Waals surface area contributed by atoms with Gasteiger partial charge in [0.05, 0.1) is 24.2 Å². The molecule has 0 saturated carbocycles. The van der Waals surface area contributed by atoms with E-state index < -0.39 is 0 Å². The first-order valence-corrected chi connectivity index (χ1v) is 9.95. The molecule has 2 atom stereocenters. The molecule has 1 aromatic carbocycles. The Bertz CT molecular complexity index is 725. The van der Waals surface area contributed by atoms with Crippen LogP contribution < -0.4 is 4.74 Å². The number of hydrogen-bond acceptors (Lipinski definition) is 4. The zero-order chi connectivity index (χ0) is 18.3. The van der Waals surface area contributed by atoms with Crippen LogP contribution in [-0.2, 0) is 9.53 Å². The van der Waals surface area contributed by atoms with E-state index in [0.29, 0.717) is 37.6 Å². The van der Waals surface area contributed by atoms with Crippen LogP contribution in [0.1, 0.15) is 12.8 Å². The lowest BCUT2D eigenvalue weighted by molar-refractivity contribution is -0.140. The van der Waals surface area contributed by atoms with Gasteiger partial charge in [0, 0.05) is 29.9 Å². The Labute approximate surface area is 165 Å². The van der Waals surface area contributed by atoms with Crippen LogP contribution >= 0.6 is 27.5 Å². The molecule has 0 N–H and O–H groups in total. The van der Waals surface area contributed by atoms with Gasteiger partial charge in [0.25, 0.3) is 0 Å². The molecule has 3 aliphatic heterocycles. The molecular formula is C18H20BrClN2O4. The highest BCUT2D eigenvalue weighted by molar-refractivity contribution is 9.10. The smallest absolute Gasteiger partial charge is 0.320 e. The molecule has 4 rings (SSSR count). The number of piperidine rings is 1. The van der Waals surface area contributed by atoms with E-state index in [-0.39, 0.29) is 36.5 Å². The lowest BCUT2D eigenvalue weighted by Crippen LogP contribution is -2.61. The van der Waals surface area contributed by atoms with Crippen molar-refractivity contribution in [1.82, 2.24) is 9.80 Å². The Balaban J connectivity index is 1.28. The van der Waals surface area contributed by atoms with Crippen molar-refractivity contribution in [3.8, 4) is 5.75 Å². The summed E-state index contributed by atoms with van der Waals surface area (Å²) in [6.07, 6.45) is 1.43. The summed E-state index contributed by atoms with van der Waals surface area (Å²) in [5, 5.41) is 0.636. The Morgan fingerprint density at radius 3 is 2.85 bits per heavy atom. The summed E-state index contributed by atoms with van der Waals surface area (Å²) in [6.45, 7) is 2.64. The van der Waals surface area contributed by atoms with Crippen molar-refractivity contribution in [3.63, 3.8) is 0 Å². The van der Waals surface area contributed by atoms with Crippen molar-refractivity contribution in [1.29, 1.82) is 0 Å². The number of carbonyl (C=O) groups excluding carboxylic acids is 2. The Morgan fingerprint density at radius 2 is 2.08 bits per heavy atom. The summed E-state index contributed by atoms with van der Waals surface area (Å²) in [5.74, 6) is 0.998. The summed E-state index contributed by atoms with van der Waals surface area (Å²) in [4.78, 5) is 27.9. The Hall–Kier alpha value is -1.31. The number of amides is 2. The van der Waals surface area contributed by atoms with E-state index >= 15 is 0 Å². The zero-order valence-electron chi connectivity index (χ0n) is 14.2. The van der Waals surface area contributed by atoms with Gasteiger partial charge in [-0.3, -0.25) is 4.79 Å². The lowest BCUT2D eigenvalue weighted by Gasteiger charge is -2.45. The van der Waals surface area contributed by atoms with Gasteiger partial charge in [-0.15, -0.1) is 0 Å². The molecule has 26 heavy (non-hydrogen) atoms. The number of nitrogens with zero attached hydrogens (tertiary/aromatic N) is 2. The number of rotatable bonds is 2. The zero-order valence-corrected chi connectivity index (χ0v) is 16.5.